The molecule has 2 aromatic rings. The molecule has 5 heterocycles. The molecule has 3 N–H and O–H groups in total. The van der Waals surface area contributed by atoms with Crippen LogP contribution in [0, 0.1) is 5.41 Å². The second-order valence-corrected chi connectivity index (χ2v) is 18.3. The summed E-state index contributed by atoms with van der Waals surface area (Å²) in [6.45, 7) is 6.66. The molecular formula is C48H62F2N8O6. The van der Waals surface area contributed by atoms with Crippen molar-refractivity contribution in [3.05, 3.63) is 74.5 Å². The van der Waals surface area contributed by atoms with Gasteiger partial charge in [-0.2, -0.15) is 0 Å². The summed E-state index contributed by atoms with van der Waals surface area (Å²) < 4.78 is 28.8. The Balaban J connectivity index is 0.000000206. The van der Waals surface area contributed by atoms with E-state index in [0.29, 0.717) is 57.3 Å². The van der Waals surface area contributed by atoms with Crippen LogP contribution in [0.1, 0.15) is 138 Å². The van der Waals surface area contributed by atoms with Gasteiger partial charge in [-0.15, -0.1) is 0 Å². The molecule has 2 aromatic carbocycles. The van der Waals surface area contributed by atoms with E-state index in [4.69, 9.17) is 0 Å². The van der Waals surface area contributed by atoms with Gasteiger partial charge in [0.15, 0.2) is 6.29 Å². The molecule has 0 radical (unpaired) electrons. The number of carbonyl (C=O) groups excluding carboxylic acids is 6. The van der Waals surface area contributed by atoms with Crippen molar-refractivity contribution >= 4 is 47.7 Å². The number of aryl methyl sites for hydroxylation is 1. The van der Waals surface area contributed by atoms with E-state index in [1.165, 1.54) is 18.4 Å². The second kappa shape index (κ2) is 20.7. The summed E-state index contributed by atoms with van der Waals surface area (Å²) in [4.78, 5) is 79.9. The molecule has 16 heteroatoms. The average molecular weight is 885 g/mol. The van der Waals surface area contributed by atoms with Crippen molar-refractivity contribution in [1.29, 1.82) is 5.41 Å². The van der Waals surface area contributed by atoms with E-state index >= 15 is 0 Å². The first kappa shape index (κ1) is 46.6. The SMILES string of the molecule is CC(=O)N1CCC(NC2CCN(C)CC2)=C(C(=N)N2CCCc3cc(C4CCCCC4)c(C(F)F)cc32)C1.CN(C(=O)c1cc2c(cc1C=O)CN(CC=O)C2)C1CCC(=O)NC1=O. The maximum Gasteiger partial charge on any atom is 0.264 e. The number of halogens is 2. The van der Waals surface area contributed by atoms with Crippen LogP contribution in [0.3, 0.4) is 0 Å². The van der Waals surface area contributed by atoms with Crippen molar-refractivity contribution in [2.45, 2.75) is 121 Å². The number of nitrogens with zero attached hydrogens (tertiary/aromatic N) is 5. The van der Waals surface area contributed by atoms with E-state index in [1.54, 1.807) is 30.0 Å². The van der Waals surface area contributed by atoms with Gasteiger partial charge in [0, 0.05) is 87.1 Å². The first-order valence-corrected chi connectivity index (χ1v) is 22.9. The summed E-state index contributed by atoms with van der Waals surface area (Å²) in [7, 11) is 3.63. The quantitative estimate of drug-likeness (QED) is 0.120. The number of imide groups is 1. The molecule has 1 aliphatic carbocycles. The van der Waals surface area contributed by atoms with Crippen molar-refractivity contribution in [2.24, 2.45) is 0 Å². The fourth-order valence-corrected chi connectivity index (χ4v) is 10.3. The Morgan fingerprint density at radius 1 is 0.891 bits per heavy atom. The number of likely N-dealkylation sites (tertiary alicyclic amines) is 1. The van der Waals surface area contributed by atoms with E-state index in [1.807, 2.05) is 15.9 Å². The summed E-state index contributed by atoms with van der Waals surface area (Å²) in [6, 6.07) is 6.66. The Morgan fingerprint density at radius 3 is 2.27 bits per heavy atom. The lowest BCUT2D eigenvalue weighted by molar-refractivity contribution is -0.136. The molecule has 64 heavy (non-hydrogen) atoms. The number of benzene rings is 2. The number of hydrogen-bond donors (Lipinski definition) is 3. The lowest BCUT2D eigenvalue weighted by Crippen LogP contribution is -2.53. The zero-order valence-electron chi connectivity index (χ0n) is 37.4. The number of likely N-dealkylation sites (N-methyl/N-ethyl adjacent to an activating group) is 1. The Labute approximate surface area is 374 Å². The number of anilines is 1. The summed E-state index contributed by atoms with van der Waals surface area (Å²) in [5.74, 6) is -0.749. The van der Waals surface area contributed by atoms with Gasteiger partial charge in [-0.3, -0.25) is 39.6 Å². The molecule has 3 fully saturated rings. The number of amidine groups is 1. The number of aldehydes is 2. The molecule has 1 atom stereocenters. The standard InChI is InChI=1S/C30H43F2N5O.C18H19N3O5/c1-20(38)36-16-12-27(34-23-10-14-35(2)15-11-23)26(19-36)30(33)37-13-6-9-22-17-24(21-7-4-3-5-8-21)25(29(31)32)18-28(22)37;1-20(15-2-3-16(24)19-17(15)25)18(26)14-7-12-9-21(4-5-22)8-11(12)6-13(14)10-23/h17-18,21,23,29,33-34H,3-16,19H2,1-2H3;5-7,10,15H,2-4,8-9H2,1H3,(H,19,24,25). The van der Waals surface area contributed by atoms with Gasteiger partial charge < -0.3 is 29.7 Å². The number of hydrogen-bond acceptors (Lipinski definition) is 10. The van der Waals surface area contributed by atoms with Gasteiger partial charge in [0.2, 0.25) is 17.7 Å². The van der Waals surface area contributed by atoms with Crippen LogP contribution in [0.15, 0.2) is 35.5 Å². The molecule has 0 bridgehead atoms. The molecular weight excluding hydrogens is 823 g/mol. The van der Waals surface area contributed by atoms with Crippen LogP contribution in [-0.4, -0.2) is 127 Å². The highest BCUT2D eigenvalue weighted by Crippen LogP contribution is 2.42. The molecule has 6 aliphatic rings. The topological polar surface area (TPSA) is 167 Å². The van der Waals surface area contributed by atoms with Crippen molar-refractivity contribution in [3.63, 3.8) is 0 Å². The third-order valence-electron chi connectivity index (χ3n) is 14.0. The monoisotopic (exact) mass is 884 g/mol. The number of carbonyl (C=O) groups is 6. The smallest absolute Gasteiger partial charge is 0.264 e. The molecule has 2 saturated heterocycles. The zero-order chi connectivity index (χ0) is 45.7. The van der Waals surface area contributed by atoms with Crippen LogP contribution in [0.5, 0.6) is 0 Å². The molecule has 8 rings (SSSR count). The van der Waals surface area contributed by atoms with Gasteiger partial charge >= 0.3 is 0 Å². The number of amides is 4. The van der Waals surface area contributed by atoms with E-state index in [-0.39, 0.29) is 53.8 Å². The number of piperidine rings is 2. The van der Waals surface area contributed by atoms with Gasteiger partial charge in [0.25, 0.3) is 12.3 Å². The molecule has 1 saturated carbocycles. The van der Waals surface area contributed by atoms with E-state index in [2.05, 4.69) is 22.6 Å². The normalized spacial score (nSPS) is 21.1. The number of fused-ring (bicyclic) bond motifs is 2. The highest BCUT2D eigenvalue weighted by molar-refractivity contribution is 6.09. The summed E-state index contributed by atoms with van der Waals surface area (Å²) in [5, 5.41) is 15.3. The Morgan fingerprint density at radius 2 is 1.61 bits per heavy atom. The first-order chi connectivity index (χ1) is 30.8. The minimum absolute atomic E-state index is 0.00444. The van der Waals surface area contributed by atoms with Gasteiger partial charge in [-0.05, 0) is 111 Å². The van der Waals surface area contributed by atoms with Gasteiger partial charge in [-0.25, -0.2) is 8.78 Å². The van der Waals surface area contributed by atoms with Gasteiger partial charge in [0.1, 0.15) is 18.2 Å². The van der Waals surface area contributed by atoms with E-state index in [0.717, 1.165) is 110 Å². The maximum atomic E-state index is 14.4. The summed E-state index contributed by atoms with van der Waals surface area (Å²) in [5.41, 5.74) is 6.94. The number of rotatable bonds is 10. The van der Waals surface area contributed by atoms with Crippen LogP contribution in [0.4, 0.5) is 14.5 Å². The largest absolute Gasteiger partial charge is 0.385 e. The van der Waals surface area contributed by atoms with Crippen molar-refractivity contribution < 1.29 is 37.5 Å². The van der Waals surface area contributed by atoms with Crippen LogP contribution in [0.25, 0.3) is 0 Å². The lowest BCUT2D eigenvalue weighted by Gasteiger charge is -2.39. The van der Waals surface area contributed by atoms with Crippen LogP contribution in [-0.2, 0) is 38.7 Å². The Bertz CT molecular complexity index is 2180. The number of alkyl halides is 2. The molecule has 14 nitrogen and oxygen atoms in total. The number of nitrogens with one attached hydrogen (secondary N) is 3. The predicted octanol–water partition coefficient (Wildman–Crippen LogP) is 5.48. The molecule has 1 unspecified atom stereocenters. The molecule has 344 valence electrons. The first-order valence-electron chi connectivity index (χ1n) is 22.9. The third kappa shape index (κ3) is 10.4. The highest BCUT2D eigenvalue weighted by Gasteiger charge is 2.35. The van der Waals surface area contributed by atoms with Crippen molar-refractivity contribution in [3.8, 4) is 0 Å². The predicted molar refractivity (Wildman–Crippen MR) is 238 cm³/mol. The highest BCUT2D eigenvalue weighted by atomic mass is 19.3. The summed E-state index contributed by atoms with van der Waals surface area (Å²) >= 11 is 0. The lowest BCUT2D eigenvalue weighted by atomic mass is 9.80. The van der Waals surface area contributed by atoms with E-state index < -0.39 is 24.3 Å². The van der Waals surface area contributed by atoms with Crippen LogP contribution >= 0.6 is 0 Å². The van der Waals surface area contributed by atoms with Gasteiger partial charge in [-0.1, -0.05) is 25.3 Å². The minimum atomic E-state index is -2.53. The molecule has 5 aliphatic heterocycles. The summed E-state index contributed by atoms with van der Waals surface area (Å²) in [6.07, 6.45) is 9.21. The fraction of sp³-hybridized carbons (Fsp3) is 0.562. The Kier molecular flexibility index (Phi) is 15.0. The molecule has 4 amide bonds. The fourth-order valence-electron chi connectivity index (χ4n) is 10.3. The zero-order valence-corrected chi connectivity index (χ0v) is 37.4. The minimum Gasteiger partial charge on any atom is -0.385 e. The van der Waals surface area contributed by atoms with Gasteiger partial charge in [0.05, 0.1) is 18.7 Å². The average Bonchev–Trinajstić information content (AvgIpc) is 3.70. The van der Waals surface area contributed by atoms with Crippen LogP contribution < -0.4 is 15.5 Å². The van der Waals surface area contributed by atoms with E-state index in [9.17, 15) is 43.0 Å². The van der Waals surface area contributed by atoms with Crippen molar-refractivity contribution in [1.82, 2.24) is 30.2 Å². The second-order valence-electron chi connectivity index (χ2n) is 18.3. The molecule has 0 spiro atoms. The third-order valence-corrected chi connectivity index (χ3v) is 14.0. The maximum absolute atomic E-state index is 14.4. The van der Waals surface area contributed by atoms with Crippen LogP contribution in [0.2, 0.25) is 0 Å². The van der Waals surface area contributed by atoms with Crippen molar-refractivity contribution in [2.75, 3.05) is 58.3 Å². The Hall–Kier alpha value is -5.35. The molecule has 0 aromatic heterocycles.